The van der Waals surface area contributed by atoms with Crippen LogP contribution in [0.3, 0.4) is 0 Å². The Morgan fingerprint density at radius 1 is 1.50 bits per heavy atom. The van der Waals surface area contributed by atoms with Crippen molar-refractivity contribution in [2.24, 2.45) is 5.73 Å². The van der Waals surface area contributed by atoms with Crippen LogP contribution in [0.2, 0.25) is 0 Å². The second kappa shape index (κ2) is 6.64. The number of ether oxygens (including phenoxy) is 1. The number of nitrogens with one attached hydrogen (secondary N) is 1. The first-order valence-corrected chi connectivity index (χ1v) is 4.51. The van der Waals surface area contributed by atoms with Crippen LogP contribution in [0, 0.1) is 0 Å². The molecule has 3 N–H and O–H groups in total. The maximum absolute atomic E-state index is 12.3. The molecule has 0 aliphatic rings. The number of hydrogen-bond donors (Lipinski definition) is 2. The Balaban J connectivity index is 3.79. The minimum absolute atomic E-state index is 0.0468. The highest BCUT2D eigenvalue weighted by atomic mass is 19.3. The van der Waals surface area contributed by atoms with Gasteiger partial charge < -0.3 is 15.8 Å². The summed E-state index contributed by atoms with van der Waals surface area (Å²) in [6.07, 6.45) is -3.71. The minimum Gasteiger partial charge on any atom is -0.375 e. The molecule has 0 saturated carbocycles. The summed E-state index contributed by atoms with van der Waals surface area (Å²) in [4.78, 5) is 10.7. The van der Waals surface area contributed by atoms with Gasteiger partial charge in [-0.15, -0.1) is 0 Å². The Morgan fingerprint density at radius 2 is 2.06 bits per heavy atom. The number of carbonyl (C=O) groups is 1. The van der Waals surface area contributed by atoms with Crippen molar-refractivity contribution in [2.75, 3.05) is 20.3 Å². The monoisotopic (exact) mass is 246 g/mol. The molecule has 1 unspecified atom stereocenters. The minimum atomic E-state index is -4.16. The van der Waals surface area contributed by atoms with Crippen LogP contribution in [0.25, 0.3) is 0 Å². The third-order valence-corrected chi connectivity index (χ3v) is 1.86. The first-order valence-electron chi connectivity index (χ1n) is 4.51. The summed E-state index contributed by atoms with van der Waals surface area (Å²) >= 11 is 0. The molecule has 8 heteroatoms. The van der Waals surface area contributed by atoms with Crippen molar-refractivity contribution in [1.29, 1.82) is 0 Å². The molecule has 16 heavy (non-hydrogen) atoms. The number of likely N-dealkylation sites (N-methyl/N-ethyl adjacent to an activating group) is 1. The standard InChI is InChI=1S/C8H14F4N2O2/c1-14-5(6(13)15)2-3-16-4-8(11,12)7(9)10/h5,7,14H,2-4H2,1H3,(H2,13,15). The molecule has 1 atom stereocenters. The largest absolute Gasteiger partial charge is 0.375 e. The second-order valence-corrected chi connectivity index (χ2v) is 3.15. The molecule has 96 valence electrons. The quantitative estimate of drug-likeness (QED) is 0.480. The van der Waals surface area contributed by atoms with Gasteiger partial charge in [0.25, 0.3) is 0 Å². The van der Waals surface area contributed by atoms with Crippen molar-refractivity contribution in [3.05, 3.63) is 0 Å². The summed E-state index contributed by atoms with van der Waals surface area (Å²) in [5.41, 5.74) is 4.94. The molecule has 1 amide bonds. The molecule has 0 aliphatic carbocycles. The molecule has 0 aromatic heterocycles. The van der Waals surface area contributed by atoms with Crippen molar-refractivity contribution in [2.45, 2.75) is 24.8 Å². The van der Waals surface area contributed by atoms with Gasteiger partial charge in [0.15, 0.2) is 0 Å². The van der Waals surface area contributed by atoms with E-state index in [0.29, 0.717) is 0 Å². The van der Waals surface area contributed by atoms with Gasteiger partial charge in [-0.3, -0.25) is 4.79 Å². The molecular formula is C8H14F4N2O2. The van der Waals surface area contributed by atoms with Gasteiger partial charge in [0.2, 0.25) is 5.91 Å². The van der Waals surface area contributed by atoms with E-state index in [-0.39, 0.29) is 13.0 Å². The van der Waals surface area contributed by atoms with Crippen LogP contribution in [-0.4, -0.2) is 44.6 Å². The smallest absolute Gasteiger partial charge is 0.330 e. The lowest BCUT2D eigenvalue weighted by atomic mass is 10.2. The number of hydrogen-bond acceptors (Lipinski definition) is 3. The van der Waals surface area contributed by atoms with Gasteiger partial charge in [0, 0.05) is 6.61 Å². The maximum Gasteiger partial charge on any atom is 0.330 e. The second-order valence-electron chi connectivity index (χ2n) is 3.15. The lowest BCUT2D eigenvalue weighted by Gasteiger charge is -2.16. The first-order chi connectivity index (χ1) is 7.31. The molecule has 0 aromatic rings. The third kappa shape index (κ3) is 5.26. The lowest BCUT2D eigenvalue weighted by Crippen LogP contribution is -2.40. The van der Waals surface area contributed by atoms with E-state index in [1.807, 2.05) is 0 Å². The average molecular weight is 246 g/mol. The van der Waals surface area contributed by atoms with Crippen LogP contribution >= 0.6 is 0 Å². The van der Waals surface area contributed by atoms with Gasteiger partial charge >= 0.3 is 12.3 Å². The van der Waals surface area contributed by atoms with Crippen molar-refractivity contribution < 1.29 is 27.1 Å². The highest BCUT2D eigenvalue weighted by Crippen LogP contribution is 2.22. The van der Waals surface area contributed by atoms with Gasteiger partial charge in [0.1, 0.15) is 6.61 Å². The van der Waals surface area contributed by atoms with Crippen LogP contribution in [0.1, 0.15) is 6.42 Å². The van der Waals surface area contributed by atoms with Crippen molar-refractivity contribution >= 4 is 5.91 Å². The highest BCUT2D eigenvalue weighted by molar-refractivity contribution is 5.79. The van der Waals surface area contributed by atoms with E-state index < -0.39 is 30.9 Å². The van der Waals surface area contributed by atoms with E-state index in [9.17, 15) is 22.4 Å². The fourth-order valence-corrected chi connectivity index (χ4v) is 0.901. The molecule has 0 bridgehead atoms. The highest BCUT2D eigenvalue weighted by Gasteiger charge is 2.40. The molecule has 4 nitrogen and oxygen atoms in total. The maximum atomic E-state index is 12.3. The van der Waals surface area contributed by atoms with Crippen LogP contribution in [0.5, 0.6) is 0 Å². The average Bonchev–Trinajstić information content (AvgIpc) is 2.16. The Kier molecular flexibility index (Phi) is 6.27. The zero-order valence-corrected chi connectivity index (χ0v) is 8.68. The van der Waals surface area contributed by atoms with E-state index in [4.69, 9.17) is 5.73 Å². The fourth-order valence-electron chi connectivity index (χ4n) is 0.901. The number of nitrogens with two attached hydrogens (primary N) is 1. The van der Waals surface area contributed by atoms with Crippen molar-refractivity contribution in [3.63, 3.8) is 0 Å². The molecule has 0 aliphatic heterocycles. The van der Waals surface area contributed by atoms with Gasteiger partial charge in [-0.25, -0.2) is 8.78 Å². The van der Waals surface area contributed by atoms with Crippen LogP contribution in [0.15, 0.2) is 0 Å². The van der Waals surface area contributed by atoms with Crippen molar-refractivity contribution in [3.8, 4) is 0 Å². The number of carbonyl (C=O) groups excluding carboxylic acids is 1. The molecule has 0 spiro atoms. The summed E-state index contributed by atoms with van der Waals surface area (Å²) in [5.74, 6) is -4.83. The molecule has 0 radical (unpaired) electrons. The number of alkyl halides is 4. The van der Waals surface area contributed by atoms with Gasteiger partial charge in [-0.05, 0) is 13.5 Å². The predicted octanol–water partition coefficient (Wildman–Crippen LogP) is 0.367. The third-order valence-electron chi connectivity index (χ3n) is 1.86. The van der Waals surface area contributed by atoms with E-state index in [2.05, 4.69) is 10.1 Å². The molecule has 0 saturated heterocycles. The van der Waals surface area contributed by atoms with E-state index in [1.54, 1.807) is 0 Å². The number of rotatable bonds is 8. The molecule has 0 fully saturated rings. The topological polar surface area (TPSA) is 64.3 Å². The lowest BCUT2D eigenvalue weighted by molar-refractivity contribution is -0.166. The zero-order valence-electron chi connectivity index (χ0n) is 8.68. The van der Waals surface area contributed by atoms with Gasteiger partial charge in [0.05, 0.1) is 6.04 Å². The molecule has 0 aromatic carbocycles. The van der Waals surface area contributed by atoms with Gasteiger partial charge in [-0.2, -0.15) is 8.78 Å². The summed E-state index contributed by atoms with van der Waals surface area (Å²) < 4.78 is 52.4. The predicted molar refractivity (Wildman–Crippen MR) is 48.4 cm³/mol. The molecular weight excluding hydrogens is 232 g/mol. The number of primary amides is 1. The Labute approximate surface area is 90.1 Å². The normalized spacial score (nSPS) is 14.1. The Bertz CT molecular complexity index is 226. The molecule has 0 heterocycles. The SMILES string of the molecule is CNC(CCOCC(F)(F)C(F)F)C(N)=O. The summed E-state index contributed by atoms with van der Waals surface area (Å²) in [5, 5.41) is 2.53. The Hall–Kier alpha value is -0.890. The van der Waals surface area contributed by atoms with Gasteiger partial charge in [-0.1, -0.05) is 0 Å². The first kappa shape index (κ1) is 15.1. The zero-order chi connectivity index (χ0) is 12.8. The van der Waals surface area contributed by atoms with E-state index in [1.165, 1.54) is 7.05 Å². The van der Waals surface area contributed by atoms with E-state index >= 15 is 0 Å². The molecule has 0 rings (SSSR count). The summed E-state index contributed by atoms with van der Waals surface area (Å²) in [7, 11) is 1.46. The van der Waals surface area contributed by atoms with E-state index in [0.717, 1.165) is 0 Å². The number of halogens is 4. The van der Waals surface area contributed by atoms with Crippen LogP contribution in [0.4, 0.5) is 17.6 Å². The van der Waals surface area contributed by atoms with Crippen molar-refractivity contribution in [1.82, 2.24) is 5.32 Å². The number of amides is 1. The van der Waals surface area contributed by atoms with Crippen LogP contribution < -0.4 is 11.1 Å². The Morgan fingerprint density at radius 3 is 2.44 bits per heavy atom. The summed E-state index contributed by atoms with van der Waals surface area (Å²) in [6, 6.07) is -0.722. The summed E-state index contributed by atoms with van der Waals surface area (Å²) in [6.45, 7) is -1.63. The fraction of sp³-hybridized carbons (Fsp3) is 0.875. The van der Waals surface area contributed by atoms with Crippen LogP contribution in [-0.2, 0) is 9.53 Å².